The molecule has 0 heterocycles. The Balaban J connectivity index is 0. The van der Waals surface area contributed by atoms with Gasteiger partial charge in [-0.2, -0.15) is 0 Å². The van der Waals surface area contributed by atoms with Gasteiger partial charge in [-0.3, -0.25) is 4.70 Å². The molecule has 0 saturated carbocycles. The van der Waals surface area contributed by atoms with E-state index in [4.69, 9.17) is 6.15 Å². The van der Waals surface area contributed by atoms with Crippen molar-refractivity contribution in [3.63, 3.8) is 0 Å². The van der Waals surface area contributed by atoms with Gasteiger partial charge >= 0.3 is 27.3 Å². The fraction of sp³-hybridized carbons (Fsp3) is 0. The zero-order valence-electron chi connectivity index (χ0n) is 1.72. The van der Waals surface area contributed by atoms with Crippen LogP contribution in [0.15, 0.2) is 0 Å². The maximum atomic E-state index is 8.54. The second kappa shape index (κ2) is 10.2. The average Bonchev–Trinajstić information content (AvgIpc) is 0.918. The van der Waals surface area contributed by atoms with Gasteiger partial charge in [0.1, 0.15) is 0 Å². The molecule has 0 unspecified atom stereocenters. The van der Waals surface area contributed by atoms with E-state index in [1.165, 1.54) is 0 Å². The van der Waals surface area contributed by atoms with E-state index >= 15 is 0 Å². The standard InChI is InChI=1S/FH.2O.Sn/h1H;;;. The van der Waals surface area contributed by atoms with Crippen LogP contribution in [-0.2, 0) is 6.15 Å². The van der Waals surface area contributed by atoms with Crippen LogP contribution < -0.4 is 0 Å². The van der Waals surface area contributed by atoms with Crippen molar-refractivity contribution in [1.29, 1.82) is 0 Å². The van der Waals surface area contributed by atoms with Crippen molar-refractivity contribution in [3.8, 4) is 0 Å². The Morgan fingerprint density at radius 1 is 1.25 bits per heavy atom. The average molecular weight is 171 g/mol. The molecule has 0 aliphatic carbocycles. The van der Waals surface area contributed by atoms with Crippen molar-refractivity contribution in [2.75, 3.05) is 0 Å². The molecule has 4 heavy (non-hydrogen) atoms. The van der Waals surface area contributed by atoms with Gasteiger partial charge in [-0.25, -0.2) is 0 Å². The summed E-state index contributed by atoms with van der Waals surface area (Å²) < 4.78 is 17.1. The molecule has 2 nitrogen and oxygen atoms in total. The van der Waals surface area contributed by atoms with Crippen LogP contribution in [0.1, 0.15) is 0 Å². The molecule has 0 aliphatic rings. The molecule has 0 rings (SSSR count). The van der Waals surface area contributed by atoms with Gasteiger partial charge in [0.2, 0.25) is 0 Å². The molecule has 0 bridgehead atoms. The van der Waals surface area contributed by atoms with Crippen molar-refractivity contribution in [2.24, 2.45) is 0 Å². The molecule has 0 saturated heterocycles. The van der Waals surface area contributed by atoms with Crippen LogP contribution in [0.25, 0.3) is 0 Å². The van der Waals surface area contributed by atoms with E-state index in [9.17, 15) is 0 Å². The van der Waals surface area contributed by atoms with Crippen LogP contribution in [0.5, 0.6) is 0 Å². The third kappa shape index (κ3) is 38.1. The number of hydrogen-bond donors (Lipinski definition) is 0. The first-order chi connectivity index (χ1) is 1.41. The Bertz CT molecular complexity index is 27.0. The molecule has 24 valence electrons. The molecule has 0 N–H and O–H groups in total. The van der Waals surface area contributed by atoms with Gasteiger partial charge in [-0.15, -0.1) is 0 Å². The molecular weight excluding hydrogens is 170 g/mol. The molecule has 4 heteroatoms. The summed E-state index contributed by atoms with van der Waals surface area (Å²) in [6.45, 7) is 0. The molecule has 0 aromatic rings. The van der Waals surface area contributed by atoms with E-state index in [0.29, 0.717) is 0 Å². The number of halogens is 1. The topological polar surface area (TPSA) is 34.1 Å². The van der Waals surface area contributed by atoms with Crippen LogP contribution in [-0.4, -0.2) is 21.1 Å². The van der Waals surface area contributed by atoms with Crippen LogP contribution in [0, 0.1) is 0 Å². The normalized spacial score (nSPS) is 2.00. The van der Waals surface area contributed by atoms with E-state index in [-0.39, 0.29) is 4.70 Å². The van der Waals surface area contributed by atoms with Gasteiger partial charge in [-0.1, -0.05) is 0 Å². The summed E-state index contributed by atoms with van der Waals surface area (Å²) in [5, 5.41) is 0. The summed E-state index contributed by atoms with van der Waals surface area (Å²) in [6.07, 6.45) is 0. The van der Waals surface area contributed by atoms with Gasteiger partial charge in [0.15, 0.2) is 0 Å². The third-order valence-electron chi connectivity index (χ3n) is 0. The second-order valence-corrected chi connectivity index (χ2v) is 0.559. The van der Waals surface area contributed by atoms with E-state index in [1.807, 2.05) is 0 Å². The second-order valence-electron chi connectivity index (χ2n) is 0.0833. The molecule has 0 fully saturated rings. The predicted molar refractivity (Wildman–Crippen MR) is 9.63 cm³/mol. The van der Waals surface area contributed by atoms with Gasteiger partial charge in [0.05, 0.1) is 0 Å². The monoisotopic (exact) mass is 172 g/mol. The first-order valence-corrected chi connectivity index (χ1v) is 2.74. The van der Waals surface area contributed by atoms with Crippen LogP contribution >= 0.6 is 0 Å². The van der Waals surface area contributed by atoms with Crippen molar-refractivity contribution >= 4 is 21.1 Å². The Hall–Kier alpha value is 0.329. The fourth-order valence-electron chi connectivity index (χ4n) is 0. The zero-order valence-corrected chi connectivity index (χ0v) is 4.58. The van der Waals surface area contributed by atoms with Crippen molar-refractivity contribution in [3.05, 3.63) is 0 Å². The van der Waals surface area contributed by atoms with Crippen molar-refractivity contribution in [2.45, 2.75) is 0 Å². The quantitative estimate of drug-likeness (QED) is 0.461. The van der Waals surface area contributed by atoms with Crippen LogP contribution in [0.4, 0.5) is 4.70 Å². The van der Waals surface area contributed by atoms with Crippen molar-refractivity contribution in [1.82, 2.24) is 0 Å². The Kier molecular flexibility index (Phi) is 22.6. The first kappa shape index (κ1) is 8.84. The predicted octanol–water partition coefficient (Wildman–Crippen LogP) is -0.466. The van der Waals surface area contributed by atoms with Crippen molar-refractivity contribution < 1.29 is 10.9 Å². The summed E-state index contributed by atoms with van der Waals surface area (Å²) in [6, 6.07) is 0. The minimum atomic E-state index is -2.27. The Morgan fingerprint density at radius 3 is 1.25 bits per heavy atom. The van der Waals surface area contributed by atoms with Gasteiger partial charge < -0.3 is 0 Å². The van der Waals surface area contributed by atoms with Gasteiger partial charge in [0.25, 0.3) is 0 Å². The molecule has 0 amide bonds. The van der Waals surface area contributed by atoms with E-state index in [1.54, 1.807) is 0 Å². The zero-order chi connectivity index (χ0) is 2.71. The number of hydrogen-bond acceptors (Lipinski definition) is 2. The van der Waals surface area contributed by atoms with Crippen LogP contribution in [0.2, 0.25) is 0 Å². The molecule has 0 aromatic heterocycles. The number of rotatable bonds is 0. The first-order valence-electron chi connectivity index (χ1n) is 0.408. The van der Waals surface area contributed by atoms with E-state index in [2.05, 4.69) is 0 Å². The Morgan fingerprint density at radius 2 is 1.25 bits per heavy atom. The minimum absolute atomic E-state index is 0. The van der Waals surface area contributed by atoms with E-state index in [0.717, 1.165) is 0 Å². The fourth-order valence-corrected chi connectivity index (χ4v) is 0. The SMILES string of the molecule is F.[O]=[Sn]=[O]. The van der Waals surface area contributed by atoms with E-state index < -0.39 is 21.1 Å². The third-order valence-corrected chi connectivity index (χ3v) is 0. The summed E-state index contributed by atoms with van der Waals surface area (Å²) in [5.74, 6) is 0. The molecule has 0 spiro atoms. The van der Waals surface area contributed by atoms with Gasteiger partial charge in [-0.05, 0) is 0 Å². The molecule has 0 aliphatic heterocycles. The Labute approximate surface area is 32.5 Å². The van der Waals surface area contributed by atoms with Gasteiger partial charge in [0, 0.05) is 0 Å². The molecule has 0 aromatic carbocycles. The maximum absolute atomic E-state index is 8.54. The summed E-state index contributed by atoms with van der Waals surface area (Å²) in [4.78, 5) is 0. The summed E-state index contributed by atoms with van der Waals surface area (Å²) >= 11 is -2.27. The summed E-state index contributed by atoms with van der Waals surface area (Å²) in [7, 11) is 0. The summed E-state index contributed by atoms with van der Waals surface area (Å²) in [5.41, 5.74) is 0. The molecule has 0 radical (unpaired) electrons. The molecular formula is HFO2Sn. The molecule has 0 atom stereocenters. The van der Waals surface area contributed by atoms with Crippen LogP contribution in [0.3, 0.4) is 0 Å².